The lowest BCUT2D eigenvalue weighted by atomic mass is 10.1. The Balaban J connectivity index is 2.46. The molecule has 0 bridgehead atoms. The first-order valence-electron chi connectivity index (χ1n) is 4.92. The normalized spacial score (nSPS) is 11.6. The third-order valence-electron chi connectivity index (χ3n) is 1.99. The molecule has 0 heterocycles. The minimum absolute atomic E-state index is 0.145. The molecule has 0 aliphatic rings. The number of ether oxygens (including phenoxy) is 1. The first-order chi connectivity index (χ1) is 8.29. The van der Waals surface area contributed by atoms with Gasteiger partial charge in [-0.15, -0.1) is 0 Å². The zero-order valence-corrected chi connectivity index (χ0v) is 10.6. The fourth-order valence-corrected chi connectivity index (χ4v) is 1.66. The zero-order valence-electron chi connectivity index (χ0n) is 9.06. The van der Waals surface area contributed by atoms with Crippen LogP contribution in [0.15, 0.2) is 18.2 Å². The van der Waals surface area contributed by atoms with Crippen molar-refractivity contribution < 1.29 is 22.7 Å². The molecule has 100 valence electrons. The summed E-state index contributed by atoms with van der Waals surface area (Å²) in [6.07, 6.45) is -5.38. The van der Waals surface area contributed by atoms with Crippen LogP contribution in [0.2, 0.25) is 10.0 Å². The monoisotopic (exact) mass is 300 g/mol. The van der Waals surface area contributed by atoms with Crippen molar-refractivity contribution in [1.82, 2.24) is 0 Å². The lowest BCUT2D eigenvalue weighted by molar-refractivity contribution is -0.144. The summed E-state index contributed by atoms with van der Waals surface area (Å²) < 4.78 is 40.1. The van der Waals surface area contributed by atoms with E-state index in [1.54, 1.807) is 0 Å². The summed E-state index contributed by atoms with van der Waals surface area (Å²) in [4.78, 5) is 11.6. The van der Waals surface area contributed by atoms with Crippen molar-refractivity contribution in [2.45, 2.75) is 12.6 Å². The number of benzene rings is 1. The summed E-state index contributed by atoms with van der Waals surface area (Å²) >= 11 is 11.4. The van der Waals surface area contributed by atoms with Crippen LogP contribution in [0.25, 0.3) is 0 Å². The quantitative estimate of drug-likeness (QED) is 0.603. The van der Waals surface area contributed by atoms with Gasteiger partial charge in [0.25, 0.3) is 0 Å². The Kier molecular flexibility index (Phi) is 5.44. The van der Waals surface area contributed by atoms with Crippen LogP contribution >= 0.6 is 23.2 Å². The van der Waals surface area contributed by atoms with E-state index in [0.29, 0.717) is 5.02 Å². The first kappa shape index (κ1) is 15.3. The Labute approximate surface area is 112 Å². The van der Waals surface area contributed by atoms with Crippen LogP contribution in [0.1, 0.15) is 16.8 Å². The fourth-order valence-electron chi connectivity index (χ4n) is 1.15. The second-order valence-corrected chi connectivity index (χ2v) is 4.31. The van der Waals surface area contributed by atoms with Crippen molar-refractivity contribution in [2.24, 2.45) is 0 Å². The molecule has 0 atom stereocenters. The molecular formula is C11H9Cl2F3O2. The van der Waals surface area contributed by atoms with Gasteiger partial charge in [0, 0.05) is 10.6 Å². The van der Waals surface area contributed by atoms with Crippen molar-refractivity contribution in [1.29, 1.82) is 0 Å². The van der Waals surface area contributed by atoms with Gasteiger partial charge in [-0.25, -0.2) is 0 Å². The Bertz CT molecular complexity index is 433. The van der Waals surface area contributed by atoms with Crippen LogP contribution in [0.5, 0.6) is 0 Å². The molecule has 2 nitrogen and oxygen atoms in total. The highest BCUT2D eigenvalue weighted by Crippen LogP contribution is 2.22. The molecular weight excluding hydrogens is 292 g/mol. The van der Waals surface area contributed by atoms with Crippen LogP contribution in [0, 0.1) is 0 Å². The van der Waals surface area contributed by atoms with Crippen LogP contribution < -0.4 is 0 Å². The summed E-state index contributed by atoms with van der Waals surface area (Å²) in [7, 11) is 0. The van der Waals surface area contributed by atoms with E-state index in [2.05, 4.69) is 4.74 Å². The predicted octanol–water partition coefficient (Wildman–Crippen LogP) is 4.15. The summed E-state index contributed by atoms with van der Waals surface area (Å²) in [6, 6.07) is 4.25. The van der Waals surface area contributed by atoms with Crippen molar-refractivity contribution in [3.05, 3.63) is 33.8 Å². The molecule has 0 aliphatic carbocycles. The summed E-state index contributed by atoms with van der Waals surface area (Å²) in [6.45, 7) is -1.00. The smallest absolute Gasteiger partial charge is 0.373 e. The van der Waals surface area contributed by atoms with Crippen molar-refractivity contribution >= 4 is 29.0 Å². The van der Waals surface area contributed by atoms with Gasteiger partial charge in [0.1, 0.15) is 6.61 Å². The summed E-state index contributed by atoms with van der Waals surface area (Å²) in [5.74, 6) is -0.487. The minimum Gasteiger partial charge on any atom is -0.373 e. The first-order valence-corrected chi connectivity index (χ1v) is 5.68. The van der Waals surface area contributed by atoms with E-state index in [1.807, 2.05) is 0 Å². The van der Waals surface area contributed by atoms with Gasteiger partial charge in [-0.1, -0.05) is 23.2 Å². The number of carbonyl (C=O) groups excluding carboxylic acids is 1. The van der Waals surface area contributed by atoms with Gasteiger partial charge in [-0.05, 0) is 18.2 Å². The van der Waals surface area contributed by atoms with Gasteiger partial charge < -0.3 is 4.74 Å². The number of Topliss-reactive ketones (excluding diaryl/α,β-unsaturated/α-hetero) is 1. The molecule has 0 spiro atoms. The Hall–Kier alpha value is -0.780. The maximum absolute atomic E-state index is 11.8. The number of hydrogen-bond donors (Lipinski definition) is 0. The highest BCUT2D eigenvalue weighted by molar-refractivity contribution is 6.36. The number of halogens is 5. The molecule has 1 aromatic carbocycles. The van der Waals surface area contributed by atoms with E-state index < -0.39 is 31.6 Å². The second kappa shape index (κ2) is 6.41. The molecule has 0 saturated carbocycles. The standard InChI is InChI=1S/C11H9Cl2F3O2/c12-7-1-2-8(9(13)5-7)10(17)6-18-4-3-11(14,15)16/h1-2,5H,3-4,6H2. The highest BCUT2D eigenvalue weighted by atomic mass is 35.5. The fraction of sp³-hybridized carbons (Fsp3) is 0.364. The van der Waals surface area contributed by atoms with E-state index in [4.69, 9.17) is 23.2 Å². The summed E-state index contributed by atoms with van der Waals surface area (Å²) in [5, 5.41) is 0.515. The van der Waals surface area contributed by atoms with Gasteiger partial charge in [0.15, 0.2) is 5.78 Å². The largest absolute Gasteiger partial charge is 0.391 e. The molecule has 0 unspecified atom stereocenters. The minimum atomic E-state index is -4.29. The Morgan fingerprint density at radius 2 is 1.94 bits per heavy atom. The molecule has 0 aliphatic heterocycles. The van der Waals surface area contributed by atoms with E-state index in [9.17, 15) is 18.0 Å². The second-order valence-electron chi connectivity index (χ2n) is 3.47. The van der Waals surface area contributed by atoms with Gasteiger partial charge in [-0.2, -0.15) is 13.2 Å². The number of alkyl halides is 3. The molecule has 0 fully saturated rings. The van der Waals surface area contributed by atoms with Gasteiger partial charge in [0.2, 0.25) is 0 Å². The highest BCUT2D eigenvalue weighted by Gasteiger charge is 2.26. The van der Waals surface area contributed by atoms with Crippen LogP contribution in [0.3, 0.4) is 0 Å². The van der Waals surface area contributed by atoms with Gasteiger partial charge in [0.05, 0.1) is 18.1 Å². The molecule has 0 N–H and O–H groups in total. The molecule has 0 saturated heterocycles. The predicted molar refractivity (Wildman–Crippen MR) is 62.3 cm³/mol. The Morgan fingerprint density at radius 1 is 1.28 bits per heavy atom. The van der Waals surface area contributed by atoms with Crippen molar-refractivity contribution in [3.8, 4) is 0 Å². The SMILES string of the molecule is O=C(COCCC(F)(F)F)c1ccc(Cl)cc1Cl. The van der Waals surface area contributed by atoms with E-state index >= 15 is 0 Å². The van der Waals surface area contributed by atoms with Gasteiger partial charge >= 0.3 is 6.18 Å². The average molecular weight is 301 g/mol. The van der Waals surface area contributed by atoms with Crippen LogP contribution in [-0.2, 0) is 4.74 Å². The lowest BCUT2D eigenvalue weighted by Crippen LogP contribution is -2.15. The molecule has 0 amide bonds. The number of carbonyl (C=O) groups is 1. The average Bonchev–Trinajstić information content (AvgIpc) is 2.22. The van der Waals surface area contributed by atoms with Crippen LogP contribution in [-0.4, -0.2) is 25.2 Å². The topological polar surface area (TPSA) is 26.3 Å². The van der Waals surface area contributed by atoms with Crippen molar-refractivity contribution in [3.63, 3.8) is 0 Å². The van der Waals surface area contributed by atoms with E-state index in [0.717, 1.165) is 0 Å². The third kappa shape index (κ3) is 5.25. The zero-order chi connectivity index (χ0) is 13.8. The number of rotatable bonds is 5. The van der Waals surface area contributed by atoms with Gasteiger partial charge in [-0.3, -0.25) is 4.79 Å². The Morgan fingerprint density at radius 3 is 2.50 bits per heavy atom. The molecule has 1 aromatic rings. The van der Waals surface area contributed by atoms with E-state index in [1.165, 1.54) is 18.2 Å². The van der Waals surface area contributed by atoms with Crippen LogP contribution in [0.4, 0.5) is 13.2 Å². The molecule has 1 rings (SSSR count). The summed E-state index contributed by atoms with van der Waals surface area (Å²) in [5.41, 5.74) is 0.174. The lowest BCUT2D eigenvalue weighted by Gasteiger charge is -2.07. The molecule has 0 aromatic heterocycles. The molecule has 0 radical (unpaired) electrons. The van der Waals surface area contributed by atoms with E-state index in [-0.39, 0.29) is 10.6 Å². The number of ketones is 1. The maximum atomic E-state index is 11.8. The molecule has 7 heteroatoms. The third-order valence-corrected chi connectivity index (χ3v) is 2.54. The molecule has 18 heavy (non-hydrogen) atoms. The number of hydrogen-bond acceptors (Lipinski definition) is 2. The van der Waals surface area contributed by atoms with Crippen molar-refractivity contribution in [2.75, 3.05) is 13.2 Å². The maximum Gasteiger partial charge on any atom is 0.391 e.